The number of carbonyl (C=O) groups is 1. The number of ether oxygens (including phenoxy) is 1. The summed E-state index contributed by atoms with van der Waals surface area (Å²) in [5, 5.41) is 1.34. The molecule has 0 atom stereocenters. The van der Waals surface area contributed by atoms with Crippen LogP contribution in [0.2, 0.25) is 5.15 Å². The molecule has 2 aromatic rings. The predicted molar refractivity (Wildman–Crippen MR) is 84.0 cm³/mol. The fourth-order valence-electron chi connectivity index (χ4n) is 2.84. The molecule has 0 aromatic carbocycles. The van der Waals surface area contributed by atoms with Crippen LogP contribution in [0, 0.1) is 0 Å². The molecule has 22 heavy (non-hydrogen) atoms. The van der Waals surface area contributed by atoms with Crippen molar-refractivity contribution in [3.05, 3.63) is 23.7 Å². The minimum absolute atomic E-state index is 0.0857. The Balaban J connectivity index is 1.71. The van der Waals surface area contributed by atoms with E-state index in [9.17, 15) is 4.79 Å². The molecule has 0 radical (unpaired) electrons. The van der Waals surface area contributed by atoms with Gasteiger partial charge in [-0.15, -0.1) is 0 Å². The average Bonchev–Trinajstić information content (AvgIpc) is 2.92. The molecule has 1 aliphatic heterocycles. The van der Waals surface area contributed by atoms with E-state index in [1.807, 2.05) is 26.1 Å². The Morgan fingerprint density at radius 2 is 2.09 bits per heavy atom. The van der Waals surface area contributed by atoms with E-state index in [1.165, 1.54) is 6.33 Å². The smallest absolute Gasteiger partial charge is 0.410 e. The van der Waals surface area contributed by atoms with Gasteiger partial charge in [-0.3, -0.25) is 0 Å². The number of fused-ring (bicyclic) bond motifs is 1. The van der Waals surface area contributed by atoms with Crippen LogP contribution in [0.5, 0.6) is 0 Å². The minimum Gasteiger partial charge on any atom is -0.447 e. The number of piperidine rings is 1. The lowest BCUT2D eigenvalue weighted by molar-refractivity contribution is 0.0663. The number of amides is 1. The number of nitrogens with zero attached hydrogens (tertiary/aromatic N) is 4. The largest absolute Gasteiger partial charge is 0.447 e. The van der Waals surface area contributed by atoms with Crippen molar-refractivity contribution < 1.29 is 9.53 Å². The van der Waals surface area contributed by atoms with Crippen molar-refractivity contribution in [2.24, 2.45) is 0 Å². The first-order valence-corrected chi connectivity index (χ1v) is 7.86. The first-order valence-electron chi connectivity index (χ1n) is 7.49. The third-order valence-corrected chi connectivity index (χ3v) is 4.21. The summed E-state index contributed by atoms with van der Waals surface area (Å²) in [5.41, 5.74) is 0.850. The van der Waals surface area contributed by atoms with Gasteiger partial charge in [0, 0.05) is 25.3 Å². The van der Waals surface area contributed by atoms with Crippen LogP contribution in [-0.4, -0.2) is 44.7 Å². The van der Waals surface area contributed by atoms with Crippen molar-refractivity contribution in [2.45, 2.75) is 38.8 Å². The quantitative estimate of drug-likeness (QED) is 0.796. The van der Waals surface area contributed by atoms with Gasteiger partial charge in [0.05, 0.1) is 11.5 Å². The summed E-state index contributed by atoms with van der Waals surface area (Å²) >= 11 is 6.09. The molecule has 1 saturated heterocycles. The molecule has 0 aliphatic carbocycles. The van der Waals surface area contributed by atoms with E-state index in [0.29, 0.717) is 24.3 Å². The van der Waals surface area contributed by atoms with Crippen molar-refractivity contribution in [1.29, 1.82) is 0 Å². The fourth-order valence-corrected chi connectivity index (χ4v) is 3.03. The highest BCUT2D eigenvalue weighted by Gasteiger charge is 2.26. The highest BCUT2D eigenvalue weighted by molar-refractivity contribution is 6.33. The Morgan fingerprint density at radius 3 is 2.77 bits per heavy atom. The first kappa shape index (κ1) is 15.1. The van der Waals surface area contributed by atoms with Gasteiger partial charge in [-0.05, 0) is 32.8 Å². The zero-order valence-corrected chi connectivity index (χ0v) is 13.5. The maximum Gasteiger partial charge on any atom is 0.410 e. The molecule has 2 aromatic heterocycles. The number of rotatable bonds is 2. The molecule has 0 bridgehead atoms. The standard InChI is InChI=1S/C15H19ClN4O2/c1-10(2)22-15(21)19-6-3-11(4-7-19)20-8-5-12-13(16)17-9-18-14(12)20/h5,8-11H,3-4,6-7H2,1-2H3. The normalized spacial score (nSPS) is 16.5. The number of hydrogen-bond acceptors (Lipinski definition) is 4. The second kappa shape index (κ2) is 6.12. The molecule has 0 spiro atoms. The van der Waals surface area contributed by atoms with Gasteiger partial charge in [-0.25, -0.2) is 14.8 Å². The van der Waals surface area contributed by atoms with Crippen LogP contribution in [0.3, 0.4) is 0 Å². The van der Waals surface area contributed by atoms with Gasteiger partial charge in [-0.2, -0.15) is 0 Å². The van der Waals surface area contributed by atoms with Crippen molar-refractivity contribution >= 4 is 28.7 Å². The van der Waals surface area contributed by atoms with Crippen molar-refractivity contribution in [3.8, 4) is 0 Å². The third-order valence-electron chi connectivity index (χ3n) is 3.91. The maximum absolute atomic E-state index is 11.9. The molecule has 1 fully saturated rings. The summed E-state index contributed by atoms with van der Waals surface area (Å²) in [7, 11) is 0. The number of likely N-dealkylation sites (tertiary alicyclic amines) is 1. The van der Waals surface area contributed by atoms with Crippen LogP contribution < -0.4 is 0 Å². The Morgan fingerprint density at radius 1 is 1.36 bits per heavy atom. The number of hydrogen-bond donors (Lipinski definition) is 0. The van der Waals surface area contributed by atoms with Gasteiger partial charge >= 0.3 is 6.09 Å². The third kappa shape index (κ3) is 2.88. The van der Waals surface area contributed by atoms with Crippen LogP contribution >= 0.6 is 11.6 Å². The Bertz CT molecular complexity index is 677. The molecule has 7 heteroatoms. The monoisotopic (exact) mass is 322 g/mol. The molecule has 0 saturated carbocycles. The van der Waals surface area contributed by atoms with Crippen molar-refractivity contribution in [3.63, 3.8) is 0 Å². The van der Waals surface area contributed by atoms with Gasteiger partial charge < -0.3 is 14.2 Å². The van der Waals surface area contributed by atoms with E-state index in [4.69, 9.17) is 16.3 Å². The van der Waals surface area contributed by atoms with Crippen molar-refractivity contribution in [1.82, 2.24) is 19.4 Å². The van der Waals surface area contributed by atoms with E-state index in [-0.39, 0.29) is 12.2 Å². The molecule has 3 rings (SSSR count). The minimum atomic E-state index is -0.226. The van der Waals surface area contributed by atoms with E-state index < -0.39 is 0 Å². The highest BCUT2D eigenvalue weighted by Crippen LogP contribution is 2.29. The van der Waals surface area contributed by atoms with E-state index >= 15 is 0 Å². The summed E-state index contributed by atoms with van der Waals surface area (Å²) in [6.07, 6.45) is 4.92. The first-order chi connectivity index (χ1) is 10.6. The topological polar surface area (TPSA) is 60.2 Å². The summed E-state index contributed by atoms with van der Waals surface area (Å²) < 4.78 is 7.38. The molecule has 3 heterocycles. The molecule has 0 unspecified atom stereocenters. The van der Waals surface area contributed by atoms with Gasteiger partial charge in [0.2, 0.25) is 0 Å². The van der Waals surface area contributed by atoms with Crippen LogP contribution in [-0.2, 0) is 4.74 Å². The SMILES string of the molecule is CC(C)OC(=O)N1CCC(n2ccc3c(Cl)ncnc32)CC1. The molecule has 118 valence electrons. The zero-order valence-electron chi connectivity index (χ0n) is 12.7. The summed E-state index contributed by atoms with van der Waals surface area (Å²) in [6.45, 7) is 5.10. The van der Waals surface area contributed by atoms with Crippen LogP contribution in [0.1, 0.15) is 32.7 Å². The van der Waals surface area contributed by atoms with Crippen molar-refractivity contribution in [2.75, 3.05) is 13.1 Å². The lowest BCUT2D eigenvalue weighted by Crippen LogP contribution is -2.40. The van der Waals surface area contributed by atoms with Gasteiger partial charge in [-0.1, -0.05) is 11.6 Å². The number of halogens is 1. The average molecular weight is 323 g/mol. The van der Waals surface area contributed by atoms with Gasteiger partial charge in [0.15, 0.2) is 0 Å². The number of aromatic nitrogens is 3. The fraction of sp³-hybridized carbons (Fsp3) is 0.533. The predicted octanol–water partition coefficient (Wildman–Crippen LogP) is 3.27. The molecular formula is C15H19ClN4O2. The van der Waals surface area contributed by atoms with E-state index in [2.05, 4.69) is 14.5 Å². The van der Waals surface area contributed by atoms with E-state index in [0.717, 1.165) is 23.9 Å². The maximum atomic E-state index is 11.9. The summed E-state index contributed by atoms with van der Waals surface area (Å²) in [4.78, 5) is 22.0. The lowest BCUT2D eigenvalue weighted by Gasteiger charge is -2.32. The van der Waals surface area contributed by atoms with Gasteiger partial charge in [0.25, 0.3) is 0 Å². The molecular weight excluding hydrogens is 304 g/mol. The van der Waals surface area contributed by atoms with Gasteiger partial charge in [0.1, 0.15) is 17.1 Å². The highest BCUT2D eigenvalue weighted by atomic mass is 35.5. The Labute approximate surface area is 134 Å². The van der Waals surface area contributed by atoms with Crippen LogP contribution in [0.4, 0.5) is 4.79 Å². The number of carbonyl (C=O) groups excluding carboxylic acids is 1. The Hall–Kier alpha value is -1.82. The second-order valence-electron chi connectivity index (χ2n) is 5.78. The zero-order chi connectivity index (χ0) is 15.7. The second-order valence-corrected chi connectivity index (χ2v) is 6.13. The Kier molecular flexibility index (Phi) is 4.20. The lowest BCUT2D eigenvalue weighted by atomic mass is 10.1. The van der Waals surface area contributed by atoms with E-state index in [1.54, 1.807) is 4.90 Å². The summed E-state index contributed by atoms with van der Waals surface area (Å²) in [5.74, 6) is 0. The molecule has 6 nitrogen and oxygen atoms in total. The molecule has 0 N–H and O–H groups in total. The van der Waals surface area contributed by atoms with Crippen LogP contribution in [0.25, 0.3) is 11.0 Å². The molecule has 1 amide bonds. The summed E-state index contributed by atoms with van der Waals surface area (Å²) in [6, 6.07) is 2.25. The molecule has 1 aliphatic rings. The van der Waals surface area contributed by atoms with Crippen LogP contribution in [0.15, 0.2) is 18.6 Å².